The second-order valence-electron chi connectivity index (χ2n) is 6.13. The van der Waals surface area contributed by atoms with Gasteiger partial charge in [-0.15, -0.1) is 6.58 Å². The Balaban J connectivity index is 2.01. The van der Waals surface area contributed by atoms with Crippen LogP contribution in [0.2, 0.25) is 0 Å². The second-order valence-corrected chi connectivity index (χ2v) is 6.13. The van der Waals surface area contributed by atoms with Crippen molar-refractivity contribution < 1.29 is 14.5 Å². The van der Waals surface area contributed by atoms with Gasteiger partial charge in [-0.05, 0) is 37.6 Å². The number of nitrogens with one attached hydrogen (secondary N) is 1. The molecule has 0 radical (unpaired) electrons. The van der Waals surface area contributed by atoms with Gasteiger partial charge in [-0.3, -0.25) is 19.8 Å². The molecular formula is C19H18N4O4. The molecule has 138 valence electrons. The number of imide groups is 1. The number of nitro benzene ring substituents is 1. The number of nitrogens with zero attached hydrogens (tertiary/aromatic N) is 3. The molecule has 0 saturated carbocycles. The summed E-state index contributed by atoms with van der Waals surface area (Å²) in [6.45, 7) is 7.39. The monoisotopic (exact) mass is 366 g/mol. The highest BCUT2D eigenvalue weighted by atomic mass is 16.6. The van der Waals surface area contributed by atoms with Crippen LogP contribution in [0.4, 0.5) is 10.5 Å². The van der Waals surface area contributed by atoms with E-state index in [4.69, 9.17) is 0 Å². The molecule has 1 fully saturated rings. The number of aryl methyl sites for hydroxylation is 1. The number of rotatable bonds is 5. The normalized spacial score (nSPS) is 15.3. The number of non-ortho nitro benzene ring substituents is 1. The van der Waals surface area contributed by atoms with Gasteiger partial charge in [0.1, 0.15) is 5.70 Å². The number of aromatic nitrogens is 1. The van der Waals surface area contributed by atoms with E-state index in [1.807, 2.05) is 24.5 Å². The molecule has 1 N–H and O–H groups in total. The van der Waals surface area contributed by atoms with Gasteiger partial charge in [-0.1, -0.05) is 12.1 Å². The van der Waals surface area contributed by atoms with Crippen molar-refractivity contribution in [2.75, 3.05) is 6.54 Å². The summed E-state index contributed by atoms with van der Waals surface area (Å²) in [6, 6.07) is 7.69. The molecule has 8 heteroatoms. The van der Waals surface area contributed by atoms with Crippen LogP contribution in [0.25, 0.3) is 11.8 Å². The first-order valence-electron chi connectivity index (χ1n) is 8.22. The van der Waals surface area contributed by atoms with Crippen LogP contribution in [0.3, 0.4) is 0 Å². The summed E-state index contributed by atoms with van der Waals surface area (Å²) < 4.78 is 1.86. The second kappa shape index (κ2) is 6.91. The number of hydrogen-bond donors (Lipinski definition) is 1. The lowest BCUT2D eigenvalue weighted by Crippen LogP contribution is -2.30. The fraction of sp³-hybridized carbons (Fsp3) is 0.158. The largest absolute Gasteiger partial charge is 0.329 e. The molecule has 0 atom stereocenters. The van der Waals surface area contributed by atoms with Crippen molar-refractivity contribution in [3.8, 4) is 5.69 Å². The van der Waals surface area contributed by atoms with Crippen molar-refractivity contribution in [3.05, 3.63) is 75.7 Å². The van der Waals surface area contributed by atoms with E-state index in [2.05, 4.69) is 11.9 Å². The van der Waals surface area contributed by atoms with E-state index in [0.29, 0.717) is 5.69 Å². The van der Waals surface area contributed by atoms with Gasteiger partial charge in [0.05, 0.1) is 10.6 Å². The zero-order valence-electron chi connectivity index (χ0n) is 14.9. The quantitative estimate of drug-likeness (QED) is 0.289. The highest BCUT2D eigenvalue weighted by molar-refractivity contribution is 6.14. The fourth-order valence-corrected chi connectivity index (χ4v) is 3.10. The average molecular weight is 366 g/mol. The topological polar surface area (TPSA) is 97.5 Å². The minimum atomic E-state index is -0.487. The van der Waals surface area contributed by atoms with E-state index < -0.39 is 16.9 Å². The van der Waals surface area contributed by atoms with Crippen LogP contribution in [-0.2, 0) is 4.79 Å². The Bertz CT molecular complexity index is 1000. The Morgan fingerprint density at radius 3 is 2.67 bits per heavy atom. The standard InChI is InChI=1S/C19H18N4O4/c1-4-8-21-18(24)17(20-19(21)25)10-14-9-12(2)22(13(14)3)15-6-5-7-16(11-15)23(26)27/h4-7,9-11H,1,8H2,2-3H3,(H,20,25)/b17-10+. The van der Waals surface area contributed by atoms with Crippen molar-refractivity contribution in [2.24, 2.45) is 0 Å². The molecule has 0 bridgehead atoms. The maximum Gasteiger partial charge on any atom is 0.329 e. The highest BCUT2D eigenvalue weighted by Gasteiger charge is 2.32. The van der Waals surface area contributed by atoms with Crippen molar-refractivity contribution in [2.45, 2.75) is 13.8 Å². The van der Waals surface area contributed by atoms with Gasteiger partial charge in [0.15, 0.2) is 0 Å². The number of benzene rings is 1. The molecule has 1 aromatic heterocycles. The molecule has 1 aliphatic heterocycles. The summed E-state index contributed by atoms with van der Waals surface area (Å²) in [4.78, 5) is 35.9. The Morgan fingerprint density at radius 1 is 1.26 bits per heavy atom. The zero-order chi connectivity index (χ0) is 19.7. The van der Waals surface area contributed by atoms with E-state index in [-0.39, 0.29) is 17.9 Å². The lowest BCUT2D eigenvalue weighted by atomic mass is 10.2. The van der Waals surface area contributed by atoms with E-state index >= 15 is 0 Å². The van der Waals surface area contributed by atoms with E-state index in [1.54, 1.807) is 18.2 Å². The molecule has 0 unspecified atom stereocenters. The van der Waals surface area contributed by atoms with Crippen LogP contribution >= 0.6 is 0 Å². The van der Waals surface area contributed by atoms with Gasteiger partial charge in [-0.25, -0.2) is 4.79 Å². The SMILES string of the molecule is C=CCN1C(=O)N/C(=C/c2cc(C)n(-c3cccc([N+](=O)[O-])c3)c2C)C1=O. The Hall–Kier alpha value is -3.68. The van der Waals surface area contributed by atoms with Gasteiger partial charge in [0.25, 0.3) is 11.6 Å². The molecule has 3 amide bonds. The number of carbonyl (C=O) groups is 2. The molecule has 0 spiro atoms. The van der Waals surface area contributed by atoms with Crippen molar-refractivity contribution in [1.82, 2.24) is 14.8 Å². The molecule has 8 nitrogen and oxygen atoms in total. The fourth-order valence-electron chi connectivity index (χ4n) is 3.10. The van der Waals surface area contributed by atoms with Crippen LogP contribution in [-0.4, -0.2) is 32.9 Å². The van der Waals surface area contributed by atoms with E-state index in [0.717, 1.165) is 21.9 Å². The van der Waals surface area contributed by atoms with Crippen LogP contribution < -0.4 is 5.32 Å². The molecule has 2 aromatic rings. The number of amides is 3. The first-order valence-corrected chi connectivity index (χ1v) is 8.22. The molecule has 1 aromatic carbocycles. The first kappa shape index (κ1) is 18.1. The molecule has 3 rings (SSSR count). The smallest absolute Gasteiger partial charge is 0.318 e. The van der Waals surface area contributed by atoms with Crippen LogP contribution in [0.1, 0.15) is 17.0 Å². The highest BCUT2D eigenvalue weighted by Crippen LogP contribution is 2.25. The van der Waals surface area contributed by atoms with Gasteiger partial charge >= 0.3 is 6.03 Å². The van der Waals surface area contributed by atoms with Crippen LogP contribution in [0.15, 0.2) is 48.7 Å². The Morgan fingerprint density at radius 2 is 2.00 bits per heavy atom. The third-order valence-electron chi connectivity index (χ3n) is 4.34. The van der Waals surface area contributed by atoms with Crippen LogP contribution in [0.5, 0.6) is 0 Å². The number of urea groups is 1. The summed E-state index contributed by atoms with van der Waals surface area (Å²) in [6.07, 6.45) is 3.09. The first-order chi connectivity index (χ1) is 12.8. The van der Waals surface area contributed by atoms with Crippen molar-refractivity contribution in [1.29, 1.82) is 0 Å². The summed E-state index contributed by atoms with van der Waals surface area (Å²) in [5.74, 6) is -0.417. The van der Waals surface area contributed by atoms with E-state index in [1.165, 1.54) is 18.2 Å². The maximum atomic E-state index is 12.3. The number of nitro groups is 1. The average Bonchev–Trinajstić information content (AvgIpc) is 3.05. The summed E-state index contributed by atoms with van der Waals surface area (Å²) in [5.41, 5.74) is 3.21. The van der Waals surface area contributed by atoms with Gasteiger partial charge in [0.2, 0.25) is 0 Å². The van der Waals surface area contributed by atoms with Gasteiger partial charge in [0, 0.05) is 30.1 Å². The summed E-state index contributed by atoms with van der Waals surface area (Å²) in [5, 5.41) is 13.6. The summed E-state index contributed by atoms with van der Waals surface area (Å²) in [7, 11) is 0. The van der Waals surface area contributed by atoms with E-state index in [9.17, 15) is 19.7 Å². The predicted octanol–water partition coefficient (Wildman–Crippen LogP) is 3.08. The molecule has 27 heavy (non-hydrogen) atoms. The Labute approximate surface area is 155 Å². The maximum absolute atomic E-state index is 12.3. The molecule has 2 heterocycles. The van der Waals surface area contributed by atoms with Gasteiger partial charge < -0.3 is 9.88 Å². The van der Waals surface area contributed by atoms with Gasteiger partial charge in [-0.2, -0.15) is 0 Å². The zero-order valence-corrected chi connectivity index (χ0v) is 14.9. The molecule has 1 saturated heterocycles. The Kier molecular flexibility index (Phi) is 4.64. The predicted molar refractivity (Wildman–Crippen MR) is 100 cm³/mol. The third-order valence-corrected chi connectivity index (χ3v) is 4.34. The van der Waals surface area contributed by atoms with Crippen LogP contribution in [0, 0.1) is 24.0 Å². The minimum absolute atomic E-state index is 0.00166. The van der Waals surface area contributed by atoms with Crippen molar-refractivity contribution in [3.63, 3.8) is 0 Å². The summed E-state index contributed by atoms with van der Waals surface area (Å²) >= 11 is 0. The lowest BCUT2D eigenvalue weighted by molar-refractivity contribution is -0.384. The molecule has 1 aliphatic rings. The minimum Gasteiger partial charge on any atom is -0.318 e. The van der Waals surface area contributed by atoms with Crippen molar-refractivity contribution >= 4 is 23.7 Å². The molecular weight excluding hydrogens is 348 g/mol. The lowest BCUT2D eigenvalue weighted by Gasteiger charge is -2.09. The third kappa shape index (κ3) is 3.24. The number of carbonyl (C=O) groups excluding carboxylic acids is 2. The number of hydrogen-bond acceptors (Lipinski definition) is 4. The molecule has 0 aliphatic carbocycles.